The van der Waals surface area contributed by atoms with Gasteiger partial charge in [0, 0.05) is 30.9 Å². The van der Waals surface area contributed by atoms with Crippen LogP contribution in [0.1, 0.15) is 26.3 Å². The van der Waals surface area contributed by atoms with Crippen molar-refractivity contribution in [1.29, 1.82) is 0 Å². The molecule has 2 N–H and O–H groups in total. The molecule has 0 aromatic carbocycles. The minimum Gasteiger partial charge on any atom is -0.384 e. The summed E-state index contributed by atoms with van der Waals surface area (Å²) in [6, 6.07) is 4.02. The average molecular weight is 353 g/mol. The SMILES string of the molecule is CCC(C)n1cnc2c(-c3ccc(N)nc3)nc(N3CCOCC3)nc21. The summed E-state index contributed by atoms with van der Waals surface area (Å²) in [5.74, 6) is 1.19. The molecule has 1 unspecified atom stereocenters. The van der Waals surface area contributed by atoms with Crippen molar-refractivity contribution in [3.8, 4) is 11.3 Å². The van der Waals surface area contributed by atoms with Crippen molar-refractivity contribution in [2.45, 2.75) is 26.3 Å². The molecule has 3 aromatic rings. The lowest BCUT2D eigenvalue weighted by Crippen LogP contribution is -2.37. The molecule has 1 fully saturated rings. The van der Waals surface area contributed by atoms with Crippen LogP contribution in [0.5, 0.6) is 0 Å². The molecule has 0 amide bonds. The first-order valence-corrected chi connectivity index (χ1v) is 8.96. The molecule has 0 spiro atoms. The first kappa shape index (κ1) is 16.7. The monoisotopic (exact) mass is 353 g/mol. The predicted octanol–water partition coefficient (Wildman–Crippen LogP) is 2.28. The maximum atomic E-state index is 5.74. The van der Waals surface area contributed by atoms with E-state index >= 15 is 0 Å². The predicted molar refractivity (Wildman–Crippen MR) is 101 cm³/mol. The van der Waals surface area contributed by atoms with E-state index in [1.54, 1.807) is 12.3 Å². The number of morpholine rings is 1. The van der Waals surface area contributed by atoms with Crippen molar-refractivity contribution in [2.24, 2.45) is 0 Å². The number of hydrogen-bond acceptors (Lipinski definition) is 7. The number of rotatable bonds is 4. The van der Waals surface area contributed by atoms with Gasteiger partial charge in [-0.15, -0.1) is 0 Å². The van der Waals surface area contributed by atoms with Gasteiger partial charge >= 0.3 is 0 Å². The molecular formula is C18H23N7O. The van der Waals surface area contributed by atoms with E-state index in [-0.39, 0.29) is 0 Å². The van der Waals surface area contributed by atoms with Gasteiger partial charge < -0.3 is 19.9 Å². The van der Waals surface area contributed by atoms with E-state index in [0.29, 0.717) is 31.0 Å². The van der Waals surface area contributed by atoms with Crippen molar-refractivity contribution in [2.75, 3.05) is 36.9 Å². The fourth-order valence-corrected chi connectivity index (χ4v) is 3.08. The maximum Gasteiger partial charge on any atom is 0.228 e. The van der Waals surface area contributed by atoms with Crippen molar-refractivity contribution >= 4 is 22.9 Å². The lowest BCUT2D eigenvalue weighted by molar-refractivity contribution is 0.122. The number of ether oxygens (including phenoxy) is 1. The van der Waals surface area contributed by atoms with E-state index in [2.05, 4.69) is 33.3 Å². The van der Waals surface area contributed by atoms with Crippen molar-refractivity contribution in [1.82, 2.24) is 24.5 Å². The zero-order valence-electron chi connectivity index (χ0n) is 15.1. The highest BCUT2D eigenvalue weighted by Crippen LogP contribution is 2.29. The number of nitrogen functional groups attached to an aromatic ring is 1. The largest absolute Gasteiger partial charge is 0.384 e. The van der Waals surface area contributed by atoms with Crippen molar-refractivity contribution < 1.29 is 4.74 Å². The van der Waals surface area contributed by atoms with Gasteiger partial charge in [-0.25, -0.2) is 15.0 Å². The van der Waals surface area contributed by atoms with E-state index in [9.17, 15) is 0 Å². The summed E-state index contributed by atoms with van der Waals surface area (Å²) < 4.78 is 7.58. The Balaban J connectivity index is 1.90. The van der Waals surface area contributed by atoms with Gasteiger partial charge in [0.15, 0.2) is 5.65 Å². The Morgan fingerprint density at radius 1 is 1.19 bits per heavy atom. The van der Waals surface area contributed by atoms with Crippen LogP contribution < -0.4 is 10.6 Å². The molecule has 4 rings (SSSR count). The van der Waals surface area contributed by atoms with Gasteiger partial charge in [0.05, 0.1) is 19.5 Å². The minimum absolute atomic E-state index is 0.310. The van der Waals surface area contributed by atoms with E-state index in [1.165, 1.54) is 0 Å². The maximum absolute atomic E-state index is 5.74. The second-order valence-electron chi connectivity index (χ2n) is 6.52. The van der Waals surface area contributed by atoms with Gasteiger partial charge in [-0.2, -0.15) is 4.98 Å². The summed E-state index contributed by atoms with van der Waals surface area (Å²) in [6.07, 6.45) is 4.59. The summed E-state index contributed by atoms with van der Waals surface area (Å²) in [5, 5.41) is 0. The van der Waals surface area contributed by atoms with E-state index < -0.39 is 0 Å². The van der Waals surface area contributed by atoms with Gasteiger partial charge in [0.1, 0.15) is 17.0 Å². The molecule has 0 bridgehead atoms. The van der Waals surface area contributed by atoms with Crippen LogP contribution in [0, 0.1) is 0 Å². The number of fused-ring (bicyclic) bond motifs is 1. The van der Waals surface area contributed by atoms with E-state index in [4.69, 9.17) is 20.4 Å². The van der Waals surface area contributed by atoms with Crippen LogP contribution >= 0.6 is 0 Å². The standard InChI is InChI=1S/C18H23N7O/c1-3-12(2)25-11-21-16-15(13-4-5-14(19)20-10-13)22-18(23-17(16)25)24-6-8-26-9-7-24/h4-5,10-12H,3,6-9H2,1-2H3,(H2,19,20). The molecular weight excluding hydrogens is 330 g/mol. The zero-order chi connectivity index (χ0) is 18.1. The number of aromatic nitrogens is 5. The lowest BCUT2D eigenvalue weighted by atomic mass is 10.2. The third-order valence-corrected chi connectivity index (χ3v) is 4.83. The van der Waals surface area contributed by atoms with Gasteiger partial charge in [0.2, 0.25) is 5.95 Å². The number of nitrogens with two attached hydrogens (primary N) is 1. The molecule has 3 aromatic heterocycles. The minimum atomic E-state index is 0.310. The van der Waals surface area contributed by atoms with Crippen LogP contribution in [0.4, 0.5) is 11.8 Å². The highest BCUT2D eigenvalue weighted by Gasteiger charge is 2.21. The molecule has 0 radical (unpaired) electrons. The molecule has 1 atom stereocenters. The van der Waals surface area contributed by atoms with Gasteiger partial charge in [0.25, 0.3) is 0 Å². The number of anilines is 2. The Morgan fingerprint density at radius 2 is 2.00 bits per heavy atom. The fourth-order valence-electron chi connectivity index (χ4n) is 3.08. The van der Waals surface area contributed by atoms with Gasteiger partial charge in [-0.05, 0) is 25.5 Å². The Labute approximate surface area is 152 Å². The van der Waals surface area contributed by atoms with Crippen LogP contribution in [0.2, 0.25) is 0 Å². The summed E-state index contributed by atoms with van der Waals surface area (Å²) in [5.41, 5.74) is 9.04. The Kier molecular flexibility index (Phi) is 4.42. The number of hydrogen-bond donors (Lipinski definition) is 1. The van der Waals surface area contributed by atoms with Crippen LogP contribution in [0.3, 0.4) is 0 Å². The molecule has 8 heteroatoms. The highest BCUT2D eigenvalue weighted by atomic mass is 16.5. The second kappa shape index (κ2) is 6.87. The second-order valence-corrected chi connectivity index (χ2v) is 6.52. The van der Waals surface area contributed by atoms with E-state index in [0.717, 1.165) is 41.9 Å². The molecule has 8 nitrogen and oxygen atoms in total. The highest BCUT2D eigenvalue weighted by molar-refractivity contribution is 5.88. The summed E-state index contributed by atoms with van der Waals surface area (Å²) in [7, 11) is 0. The number of pyridine rings is 1. The smallest absolute Gasteiger partial charge is 0.228 e. The molecule has 1 saturated heterocycles. The van der Waals surface area contributed by atoms with Crippen LogP contribution in [0.25, 0.3) is 22.4 Å². The quantitative estimate of drug-likeness (QED) is 0.769. The van der Waals surface area contributed by atoms with Gasteiger partial charge in [-0.1, -0.05) is 6.92 Å². The fraction of sp³-hybridized carbons (Fsp3) is 0.444. The van der Waals surface area contributed by atoms with E-state index in [1.807, 2.05) is 12.4 Å². The molecule has 1 aliphatic rings. The van der Waals surface area contributed by atoms with Crippen molar-refractivity contribution in [3.05, 3.63) is 24.7 Å². The summed E-state index contributed by atoms with van der Waals surface area (Å²) >= 11 is 0. The molecule has 1 aliphatic heterocycles. The molecule has 26 heavy (non-hydrogen) atoms. The summed E-state index contributed by atoms with van der Waals surface area (Å²) in [6.45, 7) is 7.26. The Hall–Kier alpha value is -2.74. The third-order valence-electron chi connectivity index (χ3n) is 4.83. The normalized spacial score (nSPS) is 16.2. The molecule has 136 valence electrons. The van der Waals surface area contributed by atoms with Crippen LogP contribution in [0.15, 0.2) is 24.7 Å². The first-order valence-electron chi connectivity index (χ1n) is 8.96. The van der Waals surface area contributed by atoms with Crippen LogP contribution in [-0.2, 0) is 4.74 Å². The first-order chi connectivity index (χ1) is 12.7. The topological polar surface area (TPSA) is 95.0 Å². The van der Waals surface area contributed by atoms with Crippen LogP contribution in [-0.4, -0.2) is 50.8 Å². The Morgan fingerprint density at radius 3 is 2.69 bits per heavy atom. The molecule has 0 saturated carbocycles. The number of nitrogens with zero attached hydrogens (tertiary/aromatic N) is 6. The lowest BCUT2D eigenvalue weighted by Gasteiger charge is -2.27. The molecule has 4 heterocycles. The Bertz CT molecular complexity index is 900. The van der Waals surface area contributed by atoms with Gasteiger partial charge in [-0.3, -0.25) is 0 Å². The zero-order valence-corrected chi connectivity index (χ0v) is 15.1. The van der Waals surface area contributed by atoms with Crippen molar-refractivity contribution in [3.63, 3.8) is 0 Å². The average Bonchev–Trinajstić information content (AvgIpc) is 3.12. The summed E-state index contributed by atoms with van der Waals surface area (Å²) in [4.78, 5) is 20.6. The number of imidazole rings is 1. The molecule has 0 aliphatic carbocycles. The third kappa shape index (κ3) is 2.96.